The van der Waals surface area contributed by atoms with Gasteiger partial charge in [0.1, 0.15) is 10.7 Å². The van der Waals surface area contributed by atoms with Crippen LogP contribution in [0.25, 0.3) is 10.2 Å². The molecule has 4 rings (SSSR count). The van der Waals surface area contributed by atoms with Crippen molar-refractivity contribution < 1.29 is 4.79 Å². The Morgan fingerprint density at radius 2 is 2.12 bits per heavy atom. The van der Waals surface area contributed by atoms with E-state index in [0.29, 0.717) is 22.4 Å². The Bertz CT molecular complexity index is 1070. The second-order valence-corrected chi connectivity index (χ2v) is 7.99. The van der Waals surface area contributed by atoms with Gasteiger partial charge >= 0.3 is 0 Å². The first-order chi connectivity index (χ1) is 12.1. The average molecular weight is 389 g/mol. The van der Waals surface area contributed by atoms with Crippen LogP contribution in [0.5, 0.6) is 0 Å². The number of amides is 1. The van der Waals surface area contributed by atoms with Gasteiger partial charge in [0.25, 0.3) is 5.91 Å². The van der Waals surface area contributed by atoms with Crippen LogP contribution in [-0.4, -0.2) is 20.7 Å². The number of benzene rings is 1. The molecule has 0 aliphatic carbocycles. The molecule has 4 aromatic rings. The molecule has 5 nitrogen and oxygen atoms in total. The monoisotopic (exact) mass is 388 g/mol. The van der Waals surface area contributed by atoms with Crippen LogP contribution in [-0.2, 0) is 6.54 Å². The molecule has 0 unspecified atom stereocenters. The molecule has 1 amide bonds. The Morgan fingerprint density at radius 3 is 2.88 bits per heavy atom. The third kappa shape index (κ3) is 3.18. The van der Waals surface area contributed by atoms with Gasteiger partial charge in [0, 0.05) is 11.6 Å². The maximum Gasteiger partial charge on any atom is 0.274 e. The van der Waals surface area contributed by atoms with Gasteiger partial charge in [-0.1, -0.05) is 41.1 Å². The summed E-state index contributed by atoms with van der Waals surface area (Å²) in [6.07, 6.45) is 0. The Morgan fingerprint density at radius 1 is 1.28 bits per heavy atom. The fourth-order valence-electron chi connectivity index (χ4n) is 2.64. The Labute approximate surface area is 156 Å². The number of carbonyl (C=O) groups excluding carboxylic acids is 1. The van der Waals surface area contributed by atoms with Gasteiger partial charge in [-0.25, -0.2) is 0 Å². The van der Waals surface area contributed by atoms with Gasteiger partial charge in [0.2, 0.25) is 5.13 Å². The molecule has 1 N–H and O–H groups in total. The van der Waals surface area contributed by atoms with E-state index < -0.39 is 0 Å². The zero-order chi connectivity index (χ0) is 17.4. The first-order valence-corrected chi connectivity index (χ1v) is 9.61. The normalized spacial score (nSPS) is 11.1. The maximum absolute atomic E-state index is 12.8. The van der Waals surface area contributed by atoms with Gasteiger partial charge in [0.15, 0.2) is 0 Å². The van der Waals surface area contributed by atoms with Crippen LogP contribution >= 0.6 is 34.3 Å². The summed E-state index contributed by atoms with van der Waals surface area (Å²) in [5.74, 6) is -0.202. The molecule has 0 saturated heterocycles. The van der Waals surface area contributed by atoms with E-state index in [2.05, 4.69) is 15.5 Å². The standard InChI is InChI=1S/C17H13ClN4OS2/c1-10-20-21-17(25-10)19-16(23)14-8-15-13(6-7-24-15)22(14)9-11-4-2-3-5-12(11)18/h2-8H,9H2,1H3,(H,19,21,23). The van der Waals surface area contributed by atoms with Crippen LogP contribution in [0.2, 0.25) is 5.02 Å². The lowest BCUT2D eigenvalue weighted by atomic mass is 10.2. The van der Waals surface area contributed by atoms with Gasteiger partial charge in [-0.05, 0) is 36.1 Å². The summed E-state index contributed by atoms with van der Waals surface area (Å²) >= 11 is 9.26. The van der Waals surface area contributed by atoms with E-state index >= 15 is 0 Å². The molecule has 3 aromatic heterocycles. The summed E-state index contributed by atoms with van der Waals surface area (Å²) in [6, 6.07) is 11.6. The lowest BCUT2D eigenvalue weighted by Crippen LogP contribution is -2.17. The van der Waals surface area contributed by atoms with Crippen LogP contribution in [0.15, 0.2) is 41.8 Å². The van der Waals surface area contributed by atoms with Crippen molar-refractivity contribution in [1.82, 2.24) is 14.8 Å². The molecule has 0 fully saturated rings. The maximum atomic E-state index is 12.8. The van der Waals surface area contributed by atoms with E-state index in [4.69, 9.17) is 11.6 Å². The highest BCUT2D eigenvalue weighted by Crippen LogP contribution is 2.28. The molecule has 25 heavy (non-hydrogen) atoms. The molecule has 0 aliphatic heterocycles. The van der Waals surface area contributed by atoms with E-state index in [0.717, 1.165) is 20.8 Å². The van der Waals surface area contributed by atoms with Gasteiger partial charge in [0.05, 0.1) is 10.2 Å². The van der Waals surface area contributed by atoms with E-state index in [-0.39, 0.29) is 5.91 Å². The van der Waals surface area contributed by atoms with Crippen molar-refractivity contribution in [2.24, 2.45) is 0 Å². The highest BCUT2D eigenvalue weighted by Gasteiger charge is 2.18. The number of rotatable bonds is 4. The minimum Gasteiger partial charge on any atom is -0.331 e. The van der Waals surface area contributed by atoms with Crippen molar-refractivity contribution in [3.05, 3.63) is 63.1 Å². The molecule has 3 heterocycles. The smallest absolute Gasteiger partial charge is 0.274 e. The van der Waals surface area contributed by atoms with Gasteiger partial charge in [-0.15, -0.1) is 21.5 Å². The number of halogens is 1. The van der Waals surface area contributed by atoms with Crippen LogP contribution in [0.1, 0.15) is 21.1 Å². The zero-order valence-corrected chi connectivity index (χ0v) is 15.6. The number of nitrogens with one attached hydrogen (secondary N) is 1. The third-order valence-electron chi connectivity index (χ3n) is 3.79. The molecular weight excluding hydrogens is 376 g/mol. The zero-order valence-electron chi connectivity index (χ0n) is 13.2. The quantitative estimate of drug-likeness (QED) is 0.545. The van der Waals surface area contributed by atoms with Crippen molar-refractivity contribution >= 4 is 55.5 Å². The molecule has 0 saturated carbocycles. The molecule has 0 aliphatic rings. The van der Waals surface area contributed by atoms with E-state index in [1.54, 1.807) is 11.3 Å². The molecule has 0 spiro atoms. The van der Waals surface area contributed by atoms with E-state index in [1.165, 1.54) is 11.3 Å². The topological polar surface area (TPSA) is 59.8 Å². The fourth-order valence-corrected chi connectivity index (χ4v) is 4.25. The lowest BCUT2D eigenvalue weighted by molar-refractivity contribution is 0.101. The minimum absolute atomic E-state index is 0.202. The van der Waals surface area contributed by atoms with E-state index in [1.807, 2.05) is 53.3 Å². The number of hydrogen-bond acceptors (Lipinski definition) is 5. The molecule has 0 bridgehead atoms. The predicted octanol–water partition coefficient (Wildman–Crippen LogP) is 4.82. The van der Waals surface area contributed by atoms with Gasteiger partial charge in [-0.2, -0.15) is 0 Å². The summed E-state index contributed by atoms with van der Waals surface area (Å²) in [7, 11) is 0. The largest absolute Gasteiger partial charge is 0.331 e. The second-order valence-electron chi connectivity index (χ2n) is 5.46. The van der Waals surface area contributed by atoms with Crippen molar-refractivity contribution in [3.8, 4) is 0 Å². The van der Waals surface area contributed by atoms with Crippen molar-refractivity contribution in [3.63, 3.8) is 0 Å². The first kappa shape index (κ1) is 16.3. The number of nitrogens with zero attached hydrogens (tertiary/aromatic N) is 3. The molecule has 0 radical (unpaired) electrons. The molecule has 8 heteroatoms. The van der Waals surface area contributed by atoms with Crippen LogP contribution < -0.4 is 5.32 Å². The number of hydrogen-bond donors (Lipinski definition) is 1. The number of anilines is 1. The number of carbonyl (C=O) groups is 1. The SMILES string of the molecule is Cc1nnc(NC(=O)c2cc3sccc3n2Cc2ccccc2Cl)s1. The lowest BCUT2D eigenvalue weighted by Gasteiger charge is -2.11. The van der Waals surface area contributed by atoms with E-state index in [9.17, 15) is 4.79 Å². The summed E-state index contributed by atoms with van der Waals surface area (Å²) in [4.78, 5) is 12.8. The van der Waals surface area contributed by atoms with Crippen molar-refractivity contribution in [2.45, 2.75) is 13.5 Å². The summed E-state index contributed by atoms with van der Waals surface area (Å²) < 4.78 is 3.04. The summed E-state index contributed by atoms with van der Waals surface area (Å²) in [6.45, 7) is 2.38. The number of aryl methyl sites for hydroxylation is 1. The number of fused-ring (bicyclic) bond motifs is 1. The fraction of sp³-hybridized carbons (Fsp3) is 0.118. The highest BCUT2D eigenvalue weighted by molar-refractivity contribution is 7.17. The average Bonchev–Trinajstić information content (AvgIpc) is 3.27. The van der Waals surface area contributed by atoms with Crippen LogP contribution in [0.3, 0.4) is 0 Å². The Kier molecular flexibility index (Phi) is 4.29. The van der Waals surface area contributed by atoms with Gasteiger partial charge in [-0.3, -0.25) is 10.1 Å². The third-order valence-corrected chi connectivity index (χ3v) is 5.76. The summed E-state index contributed by atoms with van der Waals surface area (Å²) in [5, 5.41) is 14.7. The highest BCUT2D eigenvalue weighted by atomic mass is 35.5. The van der Waals surface area contributed by atoms with Crippen molar-refractivity contribution in [1.29, 1.82) is 0 Å². The molecule has 126 valence electrons. The number of aromatic nitrogens is 3. The number of thiophene rings is 1. The molecule has 1 aromatic carbocycles. The minimum atomic E-state index is -0.202. The molecular formula is C17H13ClN4OS2. The Balaban J connectivity index is 1.72. The molecule has 0 atom stereocenters. The van der Waals surface area contributed by atoms with Crippen LogP contribution in [0, 0.1) is 6.92 Å². The first-order valence-electron chi connectivity index (χ1n) is 7.53. The van der Waals surface area contributed by atoms with Crippen molar-refractivity contribution in [2.75, 3.05) is 5.32 Å². The Hall–Kier alpha value is -2.22. The second kappa shape index (κ2) is 6.59. The predicted molar refractivity (Wildman–Crippen MR) is 103 cm³/mol. The summed E-state index contributed by atoms with van der Waals surface area (Å²) in [5.41, 5.74) is 2.56. The van der Waals surface area contributed by atoms with Gasteiger partial charge < -0.3 is 4.57 Å². The van der Waals surface area contributed by atoms with Crippen LogP contribution in [0.4, 0.5) is 5.13 Å².